The Morgan fingerprint density at radius 1 is 1.43 bits per heavy atom. The Hall–Kier alpha value is 0.0569. The first kappa shape index (κ1) is 14.1. The average Bonchev–Trinajstić information content (AvgIpc) is 2.16. The first-order valence-corrected chi connectivity index (χ1v) is 6.84. The largest absolute Gasteiger partial charge is 0.427 e. The summed E-state index contributed by atoms with van der Waals surface area (Å²) in [6.45, 7) is 7.88. The van der Waals surface area contributed by atoms with Gasteiger partial charge >= 0.3 is 0 Å². The molecular formula is C9H21O4Si. The summed E-state index contributed by atoms with van der Waals surface area (Å²) in [6.07, 6.45) is 0.254. The van der Waals surface area contributed by atoms with Crippen LogP contribution >= 0.6 is 0 Å². The molecule has 0 aromatic carbocycles. The van der Waals surface area contributed by atoms with Gasteiger partial charge in [0.2, 0.25) is 0 Å². The molecule has 0 fully saturated rings. The highest BCUT2D eigenvalue weighted by atomic mass is 28.3. The quantitative estimate of drug-likeness (QED) is 0.520. The van der Waals surface area contributed by atoms with Crippen molar-refractivity contribution in [3.63, 3.8) is 0 Å². The second-order valence-corrected chi connectivity index (χ2v) is 4.98. The van der Waals surface area contributed by atoms with Crippen LogP contribution in [-0.2, 0) is 14.2 Å². The molecule has 0 heterocycles. The molecule has 2 unspecified atom stereocenters. The lowest BCUT2D eigenvalue weighted by atomic mass is 10.4. The van der Waals surface area contributed by atoms with Crippen LogP contribution in [0.15, 0.2) is 0 Å². The van der Waals surface area contributed by atoms with Gasteiger partial charge in [0.1, 0.15) is 0 Å². The van der Waals surface area contributed by atoms with Gasteiger partial charge in [0.05, 0.1) is 0 Å². The molecule has 0 saturated carbocycles. The van der Waals surface area contributed by atoms with E-state index in [4.69, 9.17) is 14.2 Å². The Kier molecular flexibility index (Phi) is 6.55. The second kappa shape index (κ2) is 6.52. The summed E-state index contributed by atoms with van der Waals surface area (Å²) in [4.78, 5) is 9.73. The van der Waals surface area contributed by atoms with E-state index in [-0.39, 0.29) is 6.29 Å². The lowest BCUT2D eigenvalue weighted by Crippen LogP contribution is -2.51. The topological polar surface area (TPSA) is 47.9 Å². The summed E-state index contributed by atoms with van der Waals surface area (Å²) in [5.74, 6) is 0. The molecule has 14 heavy (non-hydrogen) atoms. The Labute approximate surface area is 87.9 Å². The van der Waals surface area contributed by atoms with Gasteiger partial charge in [0.15, 0.2) is 11.7 Å². The van der Waals surface area contributed by atoms with Crippen molar-refractivity contribution in [1.29, 1.82) is 0 Å². The van der Waals surface area contributed by atoms with Crippen LogP contribution in [0.1, 0.15) is 27.2 Å². The summed E-state index contributed by atoms with van der Waals surface area (Å²) in [7, 11) is -0.109. The molecule has 0 rings (SSSR count). The van der Waals surface area contributed by atoms with Gasteiger partial charge in [0.25, 0.3) is 9.04 Å². The smallest absolute Gasteiger partial charge is 0.274 e. The molecule has 0 aromatic rings. The molecule has 0 aliphatic heterocycles. The number of hydrogen-bond acceptors (Lipinski definition) is 4. The third kappa shape index (κ3) is 3.66. The van der Waals surface area contributed by atoms with E-state index < -0.39 is 14.5 Å². The van der Waals surface area contributed by atoms with E-state index in [1.807, 2.05) is 13.8 Å². The van der Waals surface area contributed by atoms with E-state index in [0.717, 1.165) is 0 Å². The highest BCUT2D eigenvalue weighted by Gasteiger charge is 2.39. The molecule has 4 nitrogen and oxygen atoms in total. The highest BCUT2D eigenvalue weighted by Crippen LogP contribution is 2.22. The number of hydrogen-bond donors (Lipinski definition) is 1. The number of ether oxygens (including phenoxy) is 3. The van der Waals surface area contributed by atoms with Crippen molar-refractivity contribution < 1.29 is 19.0 Å². The van der Waals surface area contributed by atoms with Gasteiger partial charge in [-0.1, -0.05) is 6.92 Å². The van der Waals surface area contributed by atoms with Crippen molar-refractivity contribution in [3.05, 3.63) is 0 Å². The maximum Gasteiger partial charge on any atom is 0.274 e. The minimum Gasteiger partial charge on any atom is -0.427 e. The van der Waals surface area contributed by atoms with Crippen LogP contribution in [0, 0.1) is 0 Å². The highest BCUT2D eigenvalue weighted by molar-refractivity contribution is 6.51. The number of methoxy groups -OCH3 is 1. The molecule has 0 aromatic heterocycles. The van der Waals surface area contributed by atoms with Crippen LogP contribution in [0.2, 0.25) is 6.55 Å². The van der Waals surface area contributed by atoms with Crippen LogP contribution in [0.3, 0.4) is 0 Å². The first-order chi connectivity index (χ1) is 6.52. The fourth-order valence-corrected chi connectivity index (χ4v) is 2.42. The first-order valence-electron chi connectivity index (χ1n) is 4.90. The van der Waals surface area contributed by atoms with E-state index in [9.17, 15) is 4.80 Å². The zero-order valence-electron chi connectivity index (χ0n) is 9.66. The molecule has 0 saturated heterocycles. The molecule has 1 N–H and O–H groups in total. The molecule has 0 bridgehead atoms. The van der Waals surface area contributed by atoms with Gasteiger partial charge in [-0.25, -0.2) is 0 Å². The molecule has 5 heteroatoms. The van der Waals surface area contributed by atoms with Crippen molar-refractivity contribution in [3.8, 4) is 0 Å². The molecule has 0 spiro atoms. The molecule has 85 valence electrons. The molecule has 0 aliphatic carbocycles. The summed E-state index contributed by atoms with van der Waals surface area (Å²) >= 11 is 0. The molecule has 0 amide bonds. The predicted molar refractivity (Wildman–Crippen MR) is 56.0 cm³/mol. The zero-order valence-corrected chi connectivity index (χ0v) is 10.7. The van der Waals surface area contributed by atoms with Gasteiger partial charge < -0.3 is 19.0 Å². The van der Waals surface area contributed by atoms with Crippen LogP contribution in [0.25, 0.3) is 0 Å². The minimum absolute atomic E-state index is 0.367. The second-order valence-electron chi connectivity index (χ2n) is 3.05. The van der Waals surface area contributed by atoms with Gasteiger partial charge in [-0.3, -0.25) is 0 Å². The SMILES string of the molecule is CCOC(CC)(OC(C)OC)[Si](C)O. The van der Waals surface area contributed by atoms with Crippen LogP contribution < -0.4 is 0 Å². The third-order valence-electron chi connectivity index (χ3n) is 2.08. The Morgan fingerprint density at radius 3 is 2.29 bits per heavy atom. The molecule has 2 atom stereocenters. The maximum atomic E-state index is 9.73. The van der Waals surface area contributed by atoms with Crippen molar-refractivity contribution in [2.75, 3.05) is 13.7 Å². The molecule has 0 aliphatic rings. The molecular weight excluding hydrogens is 200 g/mol. The predicted octanol–water partition coefficient (Wildman–Crippen LogP) is 1.29. The lowest BCUT2D eigenvalue weighted by molar-refractivity contribution is -0.263. The average molecular weight is 221 g/mol. The van der Waals surface area contributed by atoms with Crippen molar-refractivity contribution in [2.24, 2.45) is 0 Å². The zero-order chi connectivity index (χ0) is 11.2. The van der Waals surface area contributed by atoms with E-state index >= 15 is 0 Å². The van der Waals surface area contributed by atoms with Gasteiger partial charge in [0, 0.05) is 13.7 Å². The fourth-order valence-electron chi connectivity index (χ4n) is 1.21. The van der Waals surface area contributed by atoms with Crippen LogP contribution in [0.5, 0.6) is 0 Å². The normalized spacial score (nSPS) is 18.2. The van der Waals surface area contributed by atoms with Crippen molar-refractivity contribution in [2.45, 2.75) is 45.4 Å². The van der Waals surface area contributed by atoms with E-state index in [0.29, 0.717) is 13.0 Å². The monoisotopic (exact) mass is 221 g/mol. The Balaban J connectivity index is 4.48. The van der Waals surface area contributed by atoms with E-state index in [2.05, 4.69) is 0 Å². The van der Waals surface area contributed by atoms with Gasteiger partial charge in [-0.2, -0.15) is 0 Å². The van der Waals surface area contributed by atoms with Crippen LogP contribution in [-0.4, -0.2) is 39.3 Å². The Morgan fingerprint density at radius 2 is 2.00 bits per heavy atom. The number of rotatable bonds is 7. The van der Waals surface area contributed by atoms with Gasteiger partial charge in [-0.05, 0) is 26.8 Å². The lowest BCUT2D eigenvalue weighted by Gasteiger charge is -2.35. The van der Waals surface area contributed by atoms with Gasteiger partial charge in [-0.15, -0.1) is 0 Å². The summed E-state index contributed by atoms with van der Waals surface area (Å²) in [5.41, 5.74) is -0.852. The summed E-state index contributed by atoms with van der Waals surface area (Å²) in [5, 5.41) is 0. The summed E-state index contributed by atoms with van der Waals surface area (Å²) < 4.78 is 16.1. The summed E-state index contributed by atoms with van der Waals surface area (Å²) in [6, 6.07) is 0. The fraction of sp³-hybridized carbons (Fsp3) is 1.00. The molecule has 1 radical (unpaired) electrons. The minimum atomic E-state index is -1.68. The third-order valence-corrected chi connectivity index (χ3v) is 3.80. The van der Waals surface area contributed by atoms with E-state index in [1.165, 1.54) is 0 Å². The van der Waals surface area contributed by atoms with Crippen molar-refractivity contribution >= 4 is 9.04 Å². The maximum absolute atomic E-state index is 9.73. The van der Waals surface area contributed by atoms with E-state index in [1.54, 1.807) is 20.6 Å². The van der Waals surface area contributed by atoms with Crippen molar-refractivity contribution in [1.82, 2.24) is 0 Å². The standard InChI is InChI=1S/C9H21O4Si/c1-6-9(12-7-2,14(5)10)13-8(3)11-4/h8,10H,6-7H2,1-5H3. The Bertz CT molecular complexity index is 154. The van der Waals surface area contributed by atoms with Crippen LogP contribution in [0.4, 0.5) is 0 Å².